The number of carbonyl (C=O) groups excluding carboxylic acids is 1. The molecule has 1 aromatic rings. The molecule has 4 bridgehead atoms. The van der Waals surface area contributed by atoms with E-state index in [1.54, 1.807) is 0 Å². The van der Waals surface area contributed by atoms with E-state index in [-0.39, 0.29) is 11.4 Å². The van der Waals surface area contributed by atoms with Crippen molar-refractivity contribution in [1.29, 1.82) is 0 Å². The van der Waals surface area contributed by atoms with Gasteiger partial charge in [0, 0.05) is 10.0 Å². The van der Waals surface area contributed by atoms with Gasteiger partial charge >= 0.3 is 0 Å². The standard InChI is InChI=1S/C18H22BrNO/c19-16-3-1-12(2-4-16)8-17(21)20-18-9-13-5-14(10-18)7-15(6-13)11-18/h1-4,13-15H,5-11H2,(H,20,21). The molecule has 0 atom stereocenters. The molecule has 0 radical (unpaired) electrons. The lowest BCUT2D eigenvalue weighted by molar-refractivity contribution is -0.126. The molecule has 1 aromatic carbocycles. The van der Waals surface area contributed by atoms with Crippen LogP contribution in [-0.4, -0.2) is 11.4 Å². The van der Waals surface area contributed by atoms with Crippen molar-refractivity contribution < 1.29 is 4.79 Å². The van der Waals surface area contributed by atoms with Crippen molar-refractivity contribution >= 4 is 21.8 Å². The van der Waals surface area contributed by atoms with Crippen LogP contribution in [0.25, 0.3) is 0 Å². The number of halogens is 1. The fourth-order valence-corrected chi connectivity index (χ4v) is 5.66. The molecule has 0 heterocycles. The van der Waals surface area contributed by atoms with E-state index in [1.165, 1.54) is 38.5 Å². The van der Waals surface area contributed by atoms with Crippen LogP contribution < -0.4 is 5.32 Å². The Bertz CT molecular complexity index is 516. The van der Waals surface area contributed by atoms with Crippen molar-refractivity contribution in [1.82, 2.24) is 5.32 Å². The highest BCUT2D eigenvalue weighted by molar-refractivity contribution is 9.10. The molecule has 1 amide bonds. The molecule has 2 nitrogen and oxygen atoms in total. The first-order valence-electron chi connectivity index (χ1n) is 8.16. The van der Waals surface area contributed by atoms with Crippen LogP contribution in [0.15, 0.2) is 28.7 Å². The SMILES string of the molecule is O=C(Cc1ccc(Br)cc1)NC12CC3CC(CC(C3)C1)C2. The van der Waals surface area contributed by atoms with E-state index in [2.05, 4.69) is 21.2 Å². The Morgan fingerprint density at radius 3 is 2.10 bits per heavy atom. The molecule has 0 aromatic heterocycles. The van der Waals surface area contributed by atoms with Crippen molar-refractivity contribution in [3.63, 3.8) is 0 Å². The van der Waals surface area contributed by atoms with Crippen molar-refractivity contribution in [2.75, 3.05) is 0 Å². The molecule has 5 rings (SSSR count). The van der Waals surface area contributed by atoms with Gasteiger partial charge in [0.25, 0.3) is 0 Å². The zero-order chi connectivity index (χ0) is 14.4. The summed E-state index contributed by atoms with van der Waals surface area (Å²) < 4.78 is 1.06. The molecule has 4 saturated carbocycles. The summed E-state index contributed by atoms with van der Waals surface area (Å²) >= 11 is 3.44. The minimum Gasteiger partial charge on any atom is -0.350 e. The lowest BCUT2D eigenvalue weighted by atomic mass is 9.53. The molecule has 0 unspecified atom stereocenters. The molecule has 21 heavy (non-hydrogen) atoms. The molecule has 3 heteroatoms. The summed E-state index contributed by atoms with van der Waals surface area (Å²) in [5.74, 6) is 2.84. The second-order valence-electron chi connectivity index (χ2n) is 7.55. The summed E-state index contributed by atoms with van der Waals surface area (Å²) in [6.07, 6.45) is 8.45. The number of benzene rings is 1. The van der Waals surface area contributed by atoms with Crippen molar-refractivity contribution in [3.8, 4) is 0 Å². The number of nitrogens with one attached hydrogen (secondary N) is 1. The van der Waals surface area contributed by atoms with Crippen LogP contribution in [0.4, 0.5) is 0 Å². The monoisotopic (exact) mass is 347 g/mol. The van der Waals surface area contributed by atoms with Gasteiger partial charge in [-0.15, -0.1) is 0 Å². The summed E-state index contributed by atoms with van der Waals surface area (Å²) in [7, 11) is 0. The van der Waals surface area contributed by atoms with Crippen LogP contribution in [0.5, 0.6) is 0 Å². The van der Waals surface area contributed by atoms with Crippen LogP contribution in [0.3, 0.4) is 0 Å². The predicted octanol–water partition coefficient (Wildman–Crippen LogP) is 4.08. The average Bonchev–Trinajstić information content (AvgIpc) is 2.39. The quantitative estimate of drug-likeness (QED) is 0.876. The Morgan fingerprint density at radius 2 is 1.57 bits per heavy atom. The van der Waals surface area contributed by atoms with Gasteiger partial charge in [-0.1, -0.05) is 28.1 Å². The van der Waals surface area contributed by atoms with Crippen LogP contribution in [0.2, 0.25) is 0 Å². The zero-order valence-electron chi connectivity index (χ0n) is 12.3. The van der Waals surface area contributed by atoms with Gasteiger partial charge in [0.2, 0.25) is 5.91 Å². The summed E-state index contributed by atoms with van der Waals surface area (Å²) in [4.78, 5) is 12.5. The number of hydrogen-bond donors (Lipinski definition) is 1. The van der Waals surface area contributed by atoms with Gasteiger partial charge in [0.15, 0.2) is 0 Å². The van der Waals surface area contributed by atoms with Crippen LogP contribution >= 0.6 is 15.9 Å². The molecule has 1 N–H and O–H groups in total. The minimum atomic E-state index is 0.140. The Balaban J connectivity index is 1.43. The normalized spacial score (nSPS) is 36.7. The Kier molecular flexibility index (Phi) is 3.36. The minimum absolute atomic E-state index is 0.140. The third-order valence-corrected chi connectivity index (χ3v) is 6.25. The third kappa shape index (κ3) is 2.77. The molecular weight excluding hydrogens is 326 g/mol. The second kappa shape index (κ2) is 5.12. The van der Waals surface area contributed by atoms with E-state index >= 15 is 0 Å². The van der Waals surface area contributed by atoms with Gasteiger partial charge in [-0.25, -0.2) is 0 Å². The fraction of sp³-hybridized carbons (Fsp3) is 0.611. The summed E-state index contributed by atoms with van der Waals surface area (Å²) in [6, 6.07) is 8.08. The van der Waals surface area contributed by atoms with E-state index in [0.717, 1.165) is 27.8 Å². The zero-order valence-corrected chi connectivity index (χ0v) is 13.9. The topological polar surface area (TPSA) is 29.1 Å². The first-order chi connectivity index (χ1) is 10.1. The molecule has 4 aliphatic rings. The highest BCUT2D eigenvalue weighted by atomic mass is 79.9. The molecule has 0 saturated heterocycles. The van der Waals surface area contributed by atoms with Crippen molar-refractivity contribution in [3.05, 3.63) is 34.3 Å². The highest BCUT2D eigenvalue weighted by Crippen LogP contribution is 2.55. The third-order valence-electron chi connectivity index (χ3n) is 5.72. The van der Waals surface area contributed by atoms with E-state index < -0.39 is 0 Å². The van der Waals surface area contributed by atoms with Gasteiger partial charge in [-0.3, -0.25) is 4.79 Å². The highest BCUT2D eigenvalue weighted by Gasteiger charge is 2.51. The maximum absolute atomic E-state index is 12.5. The maximum atomic E-state index is 12.5. The molecule has 112 valence electrons. The first kappa shape index (κ1) is 13.8. The molecular formula is C18H22BrNO. The summed E-state index contributed by atoms with van der Waals surface area (Å²) in [5.41, 5.74) is 1.24. The first-order valence-corrected chi connectivity index (χ1v) is 8.95. The number of amides is 1. The smallest absolute Gasteiger partial charge is 0.224 e. The maximum Gasteiger partial charge on any atom is 0.224 e. The number of rotatable bonds is 3. The largest absolute Gasteiger partial charge is 0.350 e. The Morgan fingerprint density at radius 1 is 1.05 bits per heavy atom. The van der Waals surface area contributed by atoms with Crippen LogP contribution in [-0.2, 0) is 11.2 Å². The second-order valence-corrected chi connectivity index (χ2v) is 8.46. The van der Waals surface area contributed by atoms with Gasteiger partial charge in [0.1, 0.15) is 0 Å². The van der Waals surface area contributed by atoms with Gasteiger partial charge in [-0.05, 0) is 74.0 Å². The van der Waals surface area contributed by atoms with Gasteiger partial charge < -0.3 is 5.32 Å². The van der Waals surface area contributed by atoms with E-state index in [4.69, 9.17) is 0 Å². The summed E-state index contributed by atoms with van der Waals surface area (Å²) in [5, 5.41) is 3.44. The Hall–Kier alpha value is -0.830. The molecule has 0 aliphatic heterocycles. The van der Waals surface area contributed by atoms with Crippen molar-refractivity contribution in [2.45, 2.75) is 50.5 Å². The molecule has 0 spiro atoms. The van der Waals surface area contributed by atoms with Gasteiger partial charge in [-0.2, -0.15) is 0 Å². The lowest BCUT2D eigenvalue weighted by Crippen LogP contribution is -2.60. The van der Waals surface area contributed by atoms with Crippen molar-refractivity contribution in [2.24, 2.45) is 17.8 Å². The van der Waals surface area contributed by atoms with Crippen LogP contribution in [0.1, 0.15) is 44.1 Å². The lowest BCUT2D eigenvalue weighted by Gasteiger charge is -2.56. The van der Waals surface area contributed by atoms with E-state index in [1.807, 2.05) is 24.3 Å². The fourth-order valence-electron chi connectivity index (χ4n) is 5.39. The summed E-state index contributed by atoms with van der Waals surface area (Å²) in [6.45, 7) is 0. The number of hydrogen-bond acceptors (Lipinski definition) is 1. The van der Waals surface area contributed by atoms with E-state index in [0.29, 0.717) is 6.42 Å². The molecule has 4 fully saturated rings. The number of carbonyl (C=O) groups is 1. The Labute approximate surface area is 134 Å². The van der Waals surface area contributed by atoms with Crippen LogP contribution in [0, 0.1) is 17.8 Å². The van der Waals surface area contributed by atoms with Gasteiger partial charge in [0.05, 0.1) is 6.42 Å². The molecule has 4 aliphatic carbocycles. The average molecular weight is 348 g/mol. The predicted molar refractivity (Wildman–Crippen MR) is 86.9 cm³/mol. The van der Waals surface area contributed by atoms with E-state index in [9.17, 15) is 4.79 Å².